The monoisotopic (exact) mass is 280 g/mol. The molecule has 4 unspecified atom stereocenters. The third kappa shape index (κ3) is 3.98. The van der Waals surface area contributed by atoms with Gasteiger partial charge in [-0.15, -0.1) is 0 Å². The SMILES string of the molecule is CNC1CCC(C)CC1N1CCCC(C(C)(C)C)CC1. The highest BCUT2D eigenvalue weighted by Crippen LogP contribution is 2.36. The summed E-state index contributed by atoms with van der Waals surface area (Å²) in [5.74, 6) is 1.81. The fourth-order valence-electron chi connectivity index (χ4n) is 4.41. The first-order chi connectivity index (χ1) is 9.41. The van der Waals surface area contributed by atoms with E-state index in [1.165, 1.54) is 51.6 Å². The van der Waals surface area contributed by atoms with Gasteiger partial charge in [0.1, 0.15) is 0 Å². The van der Waals surface area contributed by atoms with Crippen LogP contribution in [0.2, 0.25) is 0 Å². The normalized spacial score (nSPS) is 37.6. The molecule has 1 saturated heterocycles. The third-order valence-electron chi connectivity index (χ3n) is 5.91. The highest BCUT2D eigenvalue weighted by atomic mass is 15.2. The minimum atomic E-state index is 0.484. The van der Waals surface area contributed by atoms with E-state index in [1.54, 1.807) is 0 Å². The number of nitrogens with one attached hydrogen (secondary N) is 1. The second-order valence-electron chi connectivity index (χ2n) is 8.41. The lowest BCUT2D eigenvalue weighted by atomic mass is 9.76. The van der Waals surface area contributed by atoms with Crippen molar-refractivity contribution in [2.75, 3.05) is 20.1 Å². The molecular formula is C18H36N2. The van der Waals surface area contributed by atoms with Crippen LogP contribution in [0.1, 0.15) is 66.2 Å². The van der Waals surface area contributed by atoms with E-state index in [9.17, 15) is 0 Å². The maximum atomic E-state index is 3.59. The first-order valence-corrected chi connectivity index (χ1v) is 8.83. The number of likely N-dealkylation sites (N-methyl/N-ethyl adjacent to an activating group) is 1. The van der Waals surface area contributed by atoms with Crippen LogP contribution in [0.3, 0.4) is 0 Å². The number of hydrogen-bond acceptors (Lipinski definition) is 2. The number of nitrogens with zero attached hydrogens (tertiary/aromatic N) is 1. The molecule has 1 saturated carbocycles. The third-order valence-corrected chi connectivity index (χ3v) is 5.91. The van der Waals surface area contributed by atoms with E-state index in [2.05, 4.69) is 45.0 Å². The van der Waals surface area contributed by atoms with Crippen molar-refractivity contribution in [1.82, 2.24) is 10.2 Å². The highest BCUT2D eigenvalue weighted by molar-refractivity contribution is 4.91. The van der Waals surface area contributed by atoms with Crippen molar-refractivity contribution >= 4 is 0 Å². The van der Waals surface area contributed by atoms with Gasteiger partial charge in [-0.2, -0.15) is 0 Å². The van der Waals surface area contributed by atoms with E-state index in [-0.39, 0.29) is 0 Å². The van der Waals surface area contributed by atoms with Crippen molar-refractivity contribution in [2.24, 2.45) is 17.3 Å². The van der Waals surface area contributed by atoms with Gasteiger partial charge in [0.05, 0.1) is 0 Å². The zero-order chi connectivity index (χ0) is 14.8. The van der Waals surface area contributed by atoms with Crippen LogP contribution in [0, 0.1) is 17.3 Å². The Hall–Kier alpha value is -0.0800. The quantitative estimate of drug-likeness (QED) is 0.825. The van der Waals surface area contributed by atoms with E-state index >= 15 is 0 Å². The molecule has 2 aliphatic rings. The Morgan fingerprint density at radius 1 is 1.00 bits per heavy atom. The van der Waals surface area contributed by atoms with Crippen LogP contribution >= 0.6 is 0 Å². The lowest BCUT2D eigenvalue weighted by molar-refractivity contribution is 0.103. The molecule has 0 radical (unpaired) electrons. The minimum absolute atomic E-state index is 0.484. The molecule has 0 aromatic rings. The second-order valence-corrected chi connectivity index (χ2v) is 8.41. The molecule has 2 rings (SSSR count). The van der Waals surface area contributed by atoms with Gasteiger partial charge in [0.15, 0.2) is 0 Å². The summed E-state index contributed by atoms with van der Waals surface area (Å²) in [6, 6.07) is 1.50. The van der Waals surface area contributed by atoms with Crippen molar-refractivity contribution in [1.29, 1.82) is 0 Å². The van der Waals surface area contributed by atoms with Crippen molar-refractivity contribution < 1.29 is 0 Å². The van der Waals surface area contributed by atoms with E-state index in [4.69, 9.17) is 0 Å². The molecular weight excluding hydrogens is 244 g/mol. The molecule has 0 amide bonds. The fourth-order valence-corrected chi connectivity index (χ4v) is 4.41. The molecule has 1 aliphatic heterocycles. The van der Waals surface area contributed by atoms with Crippen LogP contribution in [-0.2, 0) is 0 Å². The predicted octanol–water partition coefficient (Wildman–Crippen LogP) is 3.91. The lowest BCUT2D eigenvalue weighted by Crippen LogP contribution is -2.52. The summed E-state index contributed by atoms with van der Waals surface area (Å²) in [4.78, 5) is 2.82. The molecule has 2 fully saturated rings. The lowest BCUT2D eigenvalue weighted by Gasteiger charge is -2.42. The van der Waals surface area contributed by atoms with Gasteiger partial charge < -0.3 is 5.32 Å². The molecule has 1 aliphatic carbocycles. The highest BCUT2D eigenvalue weighted by Gasteiger charge is 2.34. The van der Waals surface area contributed by atoms with E-state index in [1.807, 2.05) is 0 Å². The first-order valence-electron chi connectivity index (χ1n) is 8.83. The van der Waals surface area contributed by atoms with Crippen LogP contribution in [0.5, 0.6) is 0 Å². The molecule has 20 heavy (non-hydrogen) atoms. The van der Waals surface area contributed by atoms with Crippen molar-refractivity contribution in [3.05, 3.63) is 0 Å². The van der Waals surface area contributed by atoms with Crippen molar-refractivity contribution in [3.63, 3.8) is 0 Å². The molecule has 2 nitrogen and oxygen atoms in total. The first kappa shape index (κ1) is 16.3. The summed E-state index contributed by atoms with van der Waals surface area (Å²) in [6.45, 7) is 12.3. The molecule has 0 aromatic heterocycles. The van der Waals surface area contributed by atoms with Crippen LogP contribution in [0.25, 0.3) is 0 Å². The Morgan fingerprint density at radius 3 is 2.40 bits per heavy atom. The largest absolute Gasteiger partial charge is 0.315 e. The predicted molar refractivity (Wildman–Crippen MR) is 88.0 cm³/mol. The number of likely N-dealkylation sites (tertiary alicyclic amines) is 1. The average molecular weight is 280 g/mol. The molecule has 0 spiro atoms. The molecule has 1 heterocycles. The van der Waals surface area contributed by atoms with Gasteiger partial charge in [0.2, 0.25) is 0 Å². The summed E-state index contributed by atoms with van der Waals surface area (Å²) in [7, 11) is 2.16. The van der Waals surface area contributed by atoms with Crippen LogP contribution in [-0.4, -0.2) is 37.1 Å². The molecule has 118 valence electrons. The minimum Gasteiger partial charge on any atom is -0.315 e. The Labute approximate surface area is 126 Å². The summed E-state index contributed by atoms with van der Waals surface area (Å²) in [6.07, 6.45) is 8.37. The summed E-state index contributed by atoms with van der Waals surface area (Å²) in [5, 5.41) is 3.59. The summed E-state index contributed by atoms with van der Waals surface area (Å²) >= 11 is 0. The van der Waals surface area contributed by atoms with Crippen LogP contribution in [0.4, 0.5) is 0 Å². The van der Waals surface area contributed by atoms with Crippen molar-refractivity contribution in [2.45, 2.75) is 78.3 Å². The zero-order valence-corrected chi connectivity index (χ0v) is 14.4. The molecule has 4 atom stereocenters. The number of hydrogen-bond donors (Lipinski definition) is 1. The van der Waals surface area contributed by atoms with Crippen LogP contribution < -0.4 is 5.32 Å². The van der Waals surface area contributed by atoms with Gasteiger partial charge in [-0.1, -0.05) is 27.7 Å². The van der Waals surface area contributed by atoms with Crippen molar-refractivity contribution in [3.8, 4) is 0 Å². The van der Waals surface area contributed by atoms with Gasteiger partial charge in [-0.25, -0.2) is 0 Å². The maximum absolute atomic E-state index is 3.59. The topological polar surface area (TPSA) is 15.3 Å². The van der Waals surface area contributed by atoms with E-state index in [0.717, 1.165) is 23.9 Å². The van der Waals surface area contributed by atoms with Crippen LogP contribution in [0.15, 0.2) is 0 Å². The molecule has 1 N–H and O–H groups in total. The van der Waals surface area contributed by atoms with Gasteiger partial charge in [-0.05, 0) is 75.9 Å². The van der Waals surface area contributed by atoms with E-state index in [0.29, 0.717) is 5.41 Å². The Morgan fingerprint density at radius 2 is 1.75 bits per heavy atom. The summed E-state index contributed by atoms with van der Waals surface area (Å²) in [5.41, 5.74) is 0.484. The van der Waals surface area contributed by atoms with Gasteiger partial charge >= 0.3 is 0 Å². The standard InChI is InChI=1S/C18H36N2/c1-14-8-9-16(19-5)17(13-14)20-11-6-7-15(10-12-20)18(2,3)4/h14-17,19H,6-13H2,1-5H3. The maximum Gasteiger partial charge on any atom is 0.0251 e. The average Bonchev–Trinajstić information content (AvgIpc) is 2.63. The smallest absolute Gasteiger partial charge is 0.0251 e. The Kier molecular flexibility index (Phi) is 5.53. The van der Waals surface area contributed by atoms with Gasteiger partial charge in [0.25, 0.3) is 0 Å². The molecule has 0 aromatic carbocycles. The molecule has 2 heteroatoms. The second kappa shape index (κ2) is 6.79. The Balaban J connectivity index is 1.98. The van der Waals surface area contributed by atoms with Gasteiger partial charge in [-0.3, -0.25) is 4.90 Å². The Bertz CT molecular complexity index is 294. The van der Waals surface area contributed by atoms with E-state index < -0.39 is 0 Å². The zero-order valence-electron chi connectivity index (χ0n) is 14.4. The fraction of sp³-hybridized carbons (Fsp3) is 1.00. The summed E-state index contributed by atoms with van der Waals surface area (Å²) < 4.78 is 0. The van der Waals surface area contributed by atoms with Gasteiger partial charge in [0, 0.05) is 12.1 Å². The number of rotatable bonds is 2. The molecule has 0 bridgehead atoms.